The van der Waals surface area contributed by atoms with Gasteiger partial charge in [-0.15, -0.1) is 5.10 Å². The lowest BCUT2D eigenvalue weighted by Gasteiger charge is -2.06. The first-order valence-corrected chi connectivity index (χ1v) is 7.72. The molecule has 0 aliphatic carbocycles. The zero-order valence-corrected chi connectivity index (χ0v) is 13.6. The Hall–Kier alpha value is -2.21. The molecule has 0 atom stereocenters. The number of aryl methyl sites for hydroxylation is 1. The van der Waals surface area contributed by atoms with Crippen LogP contribution in [0.25, 0.3) is 11.0 Å². The molecule has 22 heavy (non-hydrogen) atoms. The van der Waals surface area contributed by atoms with Crippen molar-refractivity contribution in [3.05, 3.63) is 58.1 Å². The summed E-state index contributed by atoms with van der Waals surface area (Å²) in [7, 11) is 0. The van der Waals surface area contributed by atoms with Crippen molar-refractivity contribution in [2.45, 2.75) is 20.1 Å². The number of hydrogen-bond donors (Lipinski definition) is 0. The van der Waals surface area contributed by atoms with E-state index < -0.39 is 0 Å². The number of esters is 1. The van der Waals surface area contributed by atoms with E-state index in [1.165, 1.54) is 0 Å². The van der Waals surface area contributed by atoms with Crippen molar-refractivity contribution >= 4 is 32.9 Å². The first-order chi connectivity index (χ1) is 10.7. The Morgan fingerprint density at radius 3 is 2.86 bits per heavy atom. The summed E-state index contributed by atoms with van der Waals surface area (Å²) < 4.78 is 8.06. The maximum Gasteiger partial charge on any atom is 0.338 e. The number of aromatic nitrogens is 3. The number of fused-ring (bicyclic) bond motifs is 1. The predicted octanol–water partition coefficient (Wildman–Crippen LogP) is 3.57. The Bertz CT molecular complexity index is 829. The Morgan fingerprint density at radius 1 is 1.27 bits per heavy atom. The summed E-state index contributed by atoms with van der Waals surface area (Å²) in [5.41, 5.74) is 3.00. The van der Waals surface area contributed by atoms with Crippen LogP contribution < -0.4 is 0 Å². The number of benzene rings is 2. The molecule has 0 bridgehead atoms. The quantitative estimate of drug-likeness (QED) is 0.668. The highest BCUT2D eigenvalue weighted by atomic mass is 79.9. The lowest BCUT2D eigenvalue weighted by Crippen LogP contribution is -2.05. The Kier molecular flexibility index (Phi) is 4.20. The van der Waals surface area contributed by atoms with E-state index in [-0.39, 0.29) is 12.6 Å². The molecule has 1 aromatic heterocycles. The summed E-state index contributed by atoms with van der Waals surface area (Å²) in [5.74, 6) is -0.372. The second kappa shape index (κ2) is 6.27. The van der Waals surface area contributed by atoms with Gasteiger partial charge in [0.25, 0.3) is 0 Å². The van der Waals surface area contributed by atoms with Crippen LogP contribution in [0.4, 0.5) is 0 Å². The van der Waals surface area contributed by atoms with Gasteiger partial charge in [0.05, 0.1) is 11.1 Å². The van der Waals surface area contributed by atoms with Gasteiger partial charge >= 0.3 is 5.97 Å². The molecule has 0 fully saturated rings. The molecule has 6 heteroatoms. The third-order valence-electron chi connectivity index (χ3n) is 3.37. The van der Waals surface area contributed by atoms with E-state index in [1.54, 1.807) is 16.8 Å². The van der Waals surface area contributed by atoms with Crippen molar-refractivity contribution in [2.24, 2.45) is 0 Å². The summed E-state index contributed by atoms with van der Waals surface area (Å²) in [6.45, 7) is 2.95. The van der Waals surface area contributed by atoms with Crippen molar-refractivity contribution in [3.63, 3.8) is 0 Å². The minimum absolute atomic E-state index is 0.222. The van der Waals surface area contributed by atoms with E-state index >= 15 is 0 Å². The van der Waals surface area contributed by atoms with E-state index in [2.05, 4.69) is 26.2 Å². The molecular weight excluding hydrogens is 346 g/mol. The van der Waals surface area contributed by atoms with Crippen LogP contribution in [0.3, 0.4) is 0 Å². The van der Waals surface area contributed by atoms with Crippen LogP contribution in [-0.4, -0.2) is 21.0 Å². The molecule has 1 heterocycles. The van der Waals surface area contributed by atoms with Crippen LogP contribution in [0.15, 0.2) is 46.9 Å². The normalized spacial score (nSPS) is 10.8. The van der Waals surface area contributed by atoms with Crippen molar-refractivity contribution in [2.75, 3.05) is 0 Å². The van der Waals surface area contributed by atoms with Gasteiger partial charge in [0.2, 0.25) is 0 Å². The van der Waals surface area contributed by atoms with Gasteiger partial charge in [0, 0.05) is 16.6 Å². The minimum Gasteiger partial charge on any atom is -0.457 e. The van der Waals surface area contributed by atoms with Crippen molar-refractivity contribution in [3.8, 4) is 0 Å². The molecule has 3 aromatic rings. The number of carbonyl (C=O) groups excluding carboxylic acids is 1. The predicted molar refractivity (Wildman–Crippen MR) is 86.5 cm³/mol. The van der Waals surface area contributed by atoms with E-state index in [0.29, 0.717) is 11.1 Å². The molecule has 0 saturated heterocycles. The minimum atomic E-state index is -0.372. The highest BCUT2D eigenvalue weighted by Crippen LogP contribution is 2.18. The van der Waals surface area contributed by atoms with Crippen molar-refractivity contribution in [1.29, 1.82) is 0 Å². The maximum absolute atomic E-state index is 12.2. The summed E-state index contributed by atoms with van der Waals surface area (Å²) in [6, 6.07) is 12.9. The first-order valence-electron chi connectivity index (χ1n) is 6.93. The van der Waals surface area contributed by atoms with E-state index in [0.717, 1.165) is 22.1 Å². The third kappa shape index (κ3) is 2.87. The third-order valence-corrected chi connectivity index (χ3v) is 4.14. The summed E-state index contributed by atoms with van der Waals surface area (Å²) in [6.07, 6.45) is 0. The van der Waals surface area contributed by atoms with Crippen LogP contribution in [0.1, 0.15) is 22.8 Å². The van der Waals surface area contributed by atoms with Crippen molar-refractivity contribution in [1.82, 2.24) is 15.0 Å². The molecule has 2 aromatic carbocycles. The molecule has 0 saturated carbocycles. The van der Waals surface area contributed by atoms with Crippen LogP contribution in [0.2, 0.25) is 0 Å². The second-order valence-electron chi connectivity index (χ2n) is 4.78. The summed E-state index contributed by atoms with van der Waals surface area (Å²) in [4.78, 5) is 12.2. The van der Waals surface area contributed by atoms with Crippen LogP contribution in [0.5, 0.6) is 0 Å². The van der Waals surface area contributed by atoms with Gasteiger partial charge in [-0.1, -0.05) is 39.3 Å². The summed E-state index contributed by atoms with van der Waals surface area (Å²) >= 11 is 3.43. The molecule has 0 aliphatic rings. The number of nitrogens with zero attached hydrogens (tertiary/aromatic N) is 3. The Labute approximate surface area is 136 Å². The van der Waals surface area contributed by atoms with Crippen molar-refractivity contribution < 1.29 is 9.53 Å². The number of hydrogen-bond acceptors (Lipinski definition) is 4. The standard InChI is InChI=1S/C16H14BrN3O2/c1-2-20-15-8-7-11(9-14(15)18-19-20)16(21)22-10-12-5-3-4-6-13(12)17/h3-9H,2,10H2,1H3. The van der Waals surface area contributed by atoms with Gasteiger partial charge in [-0.05, 0) is 31.2 Å². The van der Waals surface area contributed by atoms with E-state index in [9.17, 15) is 4.79 Å². The van der Waals surface area contributed by atoms with Gasteiger partial charge in [-0.3, -0.25) is 0 Å². The molecule has 0 unspecified atom stereocenters. The van der Waals surface area contributed by atoms with Gasteiger partial charge in [-0.2, -0.15) is 0 Å². The molecule has 0 radical (unpaired) electrons. The number of carbonyl (C=O) groups is 1. The largest absolute Gasteiger partial charge is 0.457 e. The molecule has 0 spiro atoms. The van der Waals surface area contributed by atoms with Crippen LogP contribution >= 0.6 is 15.9 Å². The van der Waals surface area contributed by atoms with E-state index in [1.807, 2.05) is 37.3 Å². The fourth-order valence-electron chi connectivity index (χ4n) is 2.17. The molecule has 0 N–H and O–H groups in total. The number of rotatable bonds is 4. The second-order valence-corrected chi connectivity index (χ2v) is 5.63. The molecule has 0 amide bonds. The molecular formula is C16H14BrN3O2. The topological polar surface area (TPSA) is 57.0 Å². The lowest BCUT2D eigenvalue weighted by atomic mass is 10.2. The molecule has 0 aliphatic heterocycles. The average Bonchev–Trinajstić information content (AvgIpc) is 2.96. The smallest absolute Gasteiger partial charge is 0.338 e. The van der Waals surface area contributed by atoms with Crippen LogP contribution in [-0.2, 0) is 17.9 Å². The number of halogens is 1. The van der Waals surface area contributed by atoms with Gasteiger partial charge in [0.15, 0.2) is 0 Å². The SMILES string of the molecule is CCn1nnc2cc(C(=O)OCc3ccccc3Br)ccc21. The Balaban J connectivity index is 1.76. The Morgan fingerprint density at radius 2 is 2.09 bits per heavy atom. The molecule has 112 valence electrons. The van der Waals surface area contributed by atoms with E-state index in [4.69, 9.17) is 4.74 Å². The molecule has 3 rings (SSSR count). The number of ether oxygens (including phenoxy) is 1. The van der Waals surface area contributed by atoms with Gasteiger partial charge < -0.3 is 4.74 Å². The monoisotopic (exact) mass is 359 g/mol. The lowest BCUT2D eigenvalue weighted by molar-refractivity contribution is 0.0472. The maximum atomic E-state index is 12.2. The van der Waals surface area contributed by atoms with Crippen LogP contribution in [0, 0.1) is 0 Å². The summed E-state index contributed by atoms with van der Waals surface area (Å²) in [5, 5.41) is 8.09. The molecule has 5 nitrogen and oxygen atoms in total. The first kappa shape index (κ1) is 14.7. The fraction of sp³-hybridized carbons (Fsp3) is 0.188. The zero-order chi connectivity index (χ0) is 15.5. The fourth-order valence-corrected chi connectivity index (χ4v) is 2.57. The highest BCUT2D eigenvalue weighted by molar-refractivity contribution is 9.10. The average molecular weight is 360 g/mol. The highest BCUT2D eigenvalue weighted by Gasteiger charge is 2.11. The zero-order valence-electron chi connectivity index (χ0n) is 12.0. The van der Waals surface area contributed by atoms with Gasteiger partial charge in [0.1, 0.15) is 12.1 Å². The van der Waals surface area contributed by atoms with Gasteiger partial charge in [-0.25, -0.2) is 9.48 Å².